The summed E-state index contributed by atoms with van der Waals surface area (Å²) in [6.45, 7) is 2.48. The summed E-state index contributed by atoms with van der Waals surface area (Å²) in [4.78, 5) is 16.2. The van der Waals surface area contributed by atoms with Crippen LogP contribution in [0.3, 0.4) is 0 Å². The molecule has 2 unspecified atom stereocenters. The molecule has 1 amide bonds. The van der Waals surface area contributed by atoms with Gasteiger partial charge in [-0.25, -0.2) is 0 Å². The zero-order valence-electron chi connectivity index (χ0n) is 14.8. The highest BCUT2D eigenvalue weighted by atomic mass is 35.5. The van der Waals surface area contributed by atoms with E-state index in [1.165, 1.54) is 7.11 Å². The van der Waals surface area contributed by atoms with Gasteiger partial charge in [0, 0.05) is 13.3 Å². The first-order valence-corrected chi connectivity index (χ1v) is 7.77. The van der Waals surface area contributed by atoms with Crippen LogP contribution in [0.25, 0.3) is 0 Å². The van der Waals surface area contributed by atoms with Crippen molar-refractivity contribution in [3.8, 4) is 5.75 Å². The smallest absolute Gasteiger partial charge is 0.239 e. The molecule has 2 aromatic rings. The van der Waals surface area contributed by atoms with Crippen molar-refractivity contribution in [2.24, 2.45) is 5.73 Å². The molecule has 1 aromatic carbocycles. The minimum atomic E-state index is -0.680. The van der Waals surface area contributed by atoms with Crippen molar-refractivity contribution in [3.63, 3.8) is 0 Å². The van der Waals surface area contributed by atoms with Gasteiger partial charge >= 0.3 is 0 Å². The lowest BCUT2D eigenvalue weighted by Crippen LogP contribution is -2.44. The average Bonchev–Trinajstić information content (AvgIpc) is 2.61. The van der Waals surface area contributed by atoms with Crippen molar-refractivity contribution in [2.45, 2.75) is 25.6 Å². The maximum Gasteiger partial charge on any atom is 0.239 e. The second-order valence-corrected chi connectivity index (χ2v) is 5.47. The number of carbonyl (C=O) groups excluding carboxylic acids is 1. The molecule has 1 heterocycles. The molecule has 0 radical (unpaired) electrons. The highest BCUT2D eigenvalue weighted by molar-refractivity contribution is 5.85. The van der Waals surface area contributed by atoms with E-state index in [0.717, 1.165) is 17.0 Å². The summed E-state index contributed by atoms with van der Waals surface area (Å²) in [5.41, 5.74) is 7.52. The quantitative estimate of drug-likeness (QED) is 0.709. The van der Waals surface area contributed by atoms with E-state index in [1.54, 1.807) is 6.20 Å². The molecule has 26 heavy (non-hydrogen) atoms. The second-order valence-electron chi connectivity index (χ2n) is 5.47. The molecule has 0 bridgehead atoms. The van der Waals surface area contributed by atoms with Crippen LogP contribution in [0.15, 0.2) is 48.7 Å². The monoisotopic (exact) mass is 401 g/mol. The Hall–Kier alpha value is -1.86. The van der Waals surface area contributed by atoms with Gasteiger partial charge in [0.2, 0.25) is 5.91 Å². The second kappa shape index (κ2) is 12.5. The van der Waals surface area contributed by atoms with Crippen LogP contribution in [0.4, 0.5) is 0 Å². The number of hydrogen-bond acceptors (Lipinski definition) is 5. The third kappa shape index (κ3) is 7.58. The van der Waals surface area contributed by atoms with Gasteiger partial charge in [0.1, 0.15) is 18.4 Å². The molecular formula is C18H25Cl2N3O3. The van der Waals surface area contributed by atoms with Gasteiger partial charge in [-0.15, -0.1) is 24.8 Å². The van der Waals surface area contributed by atoms with Gasteiger partial charge < -0.3 is 20.5 Å². The Kier molecular flexibility index (Phi) is 11.6. The van der Waals surface area contributed by atoms with E-state index in [9.17, 15) is 4.79 Å². The van der Waals surface area contributed by atoms with Crippen LogP contribution in [0.1, 0.15) is 24.2 Å². The van der Waals surface area contributed by atoms with E-state index >= 15 is 0 Å². The Morgan fingerprint density at radius 1 is 1.23 bits per heavy atom. The topological polar surface area (TPSA) is 86.5 Å². The molecule has 144 valence electrons. The van der Waals surface area contributed by atoms with Crippen LogP contribution in [0, 0.1) is 0 Å². The fraction of sp³-hybridized carbons (Fsp3) is 0.333. The molecule has 8 heteroatoms. The summed E-state index contributed by atoms with van der Waals surface area (Å²) in [7, 11) is 1.51. The van der Waals surface area contributed by atoms with Crippen molar-refractivity contribution >= 4 is 30.7 Å². The highest BCUT2D eigenvalue weighted by Gasteiger charge is 2.16. The molecule has 6 nitrogen and oxygen atoms in total. The van der Waals surface area contributed by atoms with Crippen molar-refractivity contribution in [1.29, 1.82) is 0 Å². The van der Waals surface area contributed by atoms with Gasteiger partial charge in [-0.3, -0.25) is 9.78 Å². The van der Waals surface area contributed by atoms with Gasteiger partial charge in [-0.1, -0.05) is 18.2 Å². The number of aromatic nitrogens is 1. The molecule has 2 rings (SSSR count). The molecule has 0 aliphatic heterocycles. The molecule has 2 atom stereocenters. The fourth-order valence-electron chi connectivity index (χ4n) is 2.17. The Balaban J connectivity index is 0.00000312. The maximum absolute atomic E-state index is 12.0. The molecule has 0 fully saturated rings. The summed E-state index contributed by atoms with van der Waals surface area (Å²) < 4.78 is 10.6. The number of amides is 1. The van der Waals surface area contributed by atoms with Crippen molar-refractivity contribution < 1.29 is 14.3 Å². The van der Waals surface area contributed by atoms with Crippen molar-refractivity contribution in [1.82, 2.24) is 10.3 Å². The summed E-state index contributed by atoms with van der Waals surface area (Å²) >= 11 is 0. The Labute approximate surface area is 166 Å². The van der Waals surface area contributed by atoms with E-state index in [-0.39, 0.29) is 43.4 Å². The lowest BCUT2D eigenvalue weighted by atomic mass is 10.1. The van der Waals surface area contributed by atoms with Gasteiger partial charge in [-0.2, -0.15) is 0 Å². The molecule has 0 aliphatic carbocycles. The van der Waals surface area contributed by atoms with Gasteiger partial charge in [-0.05, 0) is 36.8 Å². The largest absolute Gasteiger partial charge is 0.487 e. The van der Waals surface area contributed by atoms with E-state index in [0.29, 0.717) is 6.61 Å². The Morgan fingerprint density at radius 2 is 2.00 bits per heavy atom. The van der Waals surface area contributed by atoms with E-state index < -0.39 is 6.04 Å². The van der Waals surface area contributed by atoms with E-state index in [2.05, 4.69) is 10.3 Å². The first-order valence-electron chi connectivity index (χ1n) is 7.77. The number of rotatable bonds is 8. The van der Waals surface area contributed by atoms with Crippen molar-refractivity contribution in [3.05, 3.63) is 59.9 Å². The number of ether oxygens (including phenoxy) is 2. The van der Waals surface area contributed by atoms with Crippen LogP contribution in [-0.2, 0) is 16.1 Å². The normalized spacial score (nSPS) is 12.1. The Bertz CT molecular complexity index is 659. The number of methoxy groups -OCH3 is 1. The van der Waals surface area contributed by atoms with E-state index in [4.69, 9.17) is 15.2 Å². The third-order valence-electron chi connectivity index (χ3n) is 3.51. The molecular weight excluding hydrogens is 377 g/mol. The molecule has 1 aromatic heterocycles. The van der Waals surface area contributed by atoms with Crippen molar-refractivity contribution in [2.75, 3.05) is 13.7 Å². The fourth-order valence-corrected chi connectivity index (χ4v) is 2.17. The standard InChI is InChI=1S/C18H23N3O3.2ClH/c1-13(21-18(22)17(19)12-23-2)14-6-5-8-16(10-14)24-11-15-7-3-4-9-20-15;;/h3-10,13,17H,11-12,19H2,1-2H3,(H,21,22);2*1H. The minimum absolute atomic E-state index is 0. The van der Waals surface area contributed by atoms with Crippen LogP contribution in [0.2, 0.25) is 0 Å². The zero-order chi connectivity index (χ0) is 17.4. The average molecular weight is 402 g/mol. The van der Waals surface area contributed by atoms with Crippen LogP contribution >= 0.6 is 24.8 Å². The van der Waals surface area contributed by atoms with Gasteiger partial charge in [0.25, 0.3) is 0 Å². The number of nitrogens with zero attached hydrogens (tertiary/aromatic N) is 1. The summed E-state index contributed by atoms with van der Waals surface area (Å²) in [5.74, 6) is 0.476. The summed E-state index contributed by atoms with van der Waals surface area (Å²) in [5, 5.41) is 2.87. The number of hydrogen-bond donors (Lipinski definition) is 2. The SMILES string of the molecule is COCC(N)C(=O)NC(C)c1cccc(OCc2ccccn2)c1.Cl.Cl. The van der Waals surface area contributed by atoms with Crippen LogP contribution in [0.5, 0.6) is 5.75 Å². The number of benzene rings is 1. The molecule has 0 saturated heterocycles. The number of pyridine rings is 1. The number of nitrogens with two attached hydrogens (primary N) is 1. The molecule has 3 N–H and O–H groups in total. The van der Waals surface area contributed by atoms with Gasteiger partial charge in [0.15, 0.2) is 0 Å². The molecule has 0 spiro atoms. The molecule has 0 saturated carbocycles. The number of nitrogens with one attached hydrogen (secondary N) is 1. The zero-order valence-corrected chi connectivity index (χ0v) is 16.4. The summed E-state index contributed by atoms with van der Waals surface area (Å²) in [6, 6.07) is 12.4. The number of carbonyl (C=O) groups is 1. The number of halogens is 2. The first-order chi connectivity index (χ1) is 11.6. The third-order valence-corrected chi connectivity index (χ3v) is 3.51. The highest BCUT2D eigenvalue weighted by Crippen LogP contribution is 2.20. The lowest BCUT2D eigenvalue weighted by Gasteiger charge is -2.18. The van der Waals surface area contributed by atoms with E-state index in [1.807, 2.05) is 49.4 Å². The van der Waals surface area contributed by atoms with Gasteiger partial charge in [0.05, 0.1) is 18.3 Å². The summed E-state index contributed by atoms with van der Waals surface area (Å²) in [6.07, 6.45) is 1.73. The molecule has 0 aliphatic rings. The first kappa shape index (κ1) is 24.1. The van der Waals surface area contributed by atoms with Crippen LogP contribution < -0.4 is 15.8 Å². The maximum atomic E-state index is 12.0. The predicted octanol–water partition coefficient (Wildman–Crippen LogP) is 2.66. The van der Waals surface area contributed by atoms with Crippen LogP contribution in [-0.4, -0.2) is 30.6 Å². The minimum Gasteiger partial charge on any atom is -0.487 e. The lowest BCUT2D eigenvalue weighted by molar-refractivity contribution is -0.124. The predicted molar refractivity (Wildman–Crippen MR) is 106 cm³/mol. The Morgan fingerprint density at radius 3 is 2.65 bits per heavy atom.